The van der Waals surface area contributed by atoms with Crippen LogP contribution in [0.2, 0.25) is 5.02 Å². The van der Waals surface area contributed by atoms with Crippen LogP contribution in [0.1, 0.15) is 46.0 Å². The molecule has 4 heterocycles. The molecular formula is C30H37ClN6O4. The number of ketones is 1. The minimum absolute atomic E-state index is 0.0630. The van der Waals surface area contributed by atoms with Crippen LogP contribution < -0.4 is 25.8 Å². The lowest BCUT2D eigenvalue weighted by Crippen LogP contribution is -2.62. The molecule has 0 atom stereocenters. The average molecular weight is 581 g/mol. The fraction of sp³-hybridized carbons (Fsp3) is 0.533. The van der Waals surface area contributed by atoms with Crippen molar-refractivity contribution < 1.29 is 14.3 Å². The molecule has 1 aromatic carbocycles. The van der Waals surface area contributed by atoms with Crippen molar-refractivity contribution in [3.05, 3.63) is 45.8 Å². The van der Waals surface area contributed by atoms with E-state index in [-0.39, 0.29) is 23.7 Å². The van der Waals surface area contributed by atoms with E-state index >= 15 is 0 Å². The first kappa shape index (κ1) is 27.9. The number of pyridine rings is 1. The van der Waals surface area contributed by atoms with Crippen molar-refractivity contribution >= 4 is 45.7 Å². The number of nitrogens with one attached hydrogen (secondary N) is 2. The number of carbonyl (C=O) groups is 1. The molecular weight excluding hydrogens is 544 g/mol. The molecule has 11 heteroatoms. The van der Waals surface area contributed by atoms with Gasteiger partial charge in [0.15, 0.2) is 17.4 Å². The highest BCUT2D eigenvalue weighted by Gasteiger charge is 2.49. The maximum Gasteiger partial charge on any atom is 0.293 e. The number of ether oxygens (including phenoxy) is 2. The Balaban J connectivity index is 1.13. The smallest absolute Gasteiger partial charge is 0.293 e. The van der Waals surface area contributed by atoms with Gasteiger partial charge in [-0.1, -0.05) is 18.5 Å². The summed E-state index contributed by atoms with van der Waals surface area (Å²) < 4.78 is 13.6. The van der Waals surface area contributed by atoms with Crippen LogP contribution in [0, 0.1) is 5.41 Å². The SMILES string of the molecule is CCC(=O)COc1cc2cc(Nc3nc(N4CCC(OC5CC6(CNC6)C5)CC4)ncc3Cl)ccc2n(CC)c1=O. The maximum absolute atomic E-state index is 12.9. The molecule has 1 aliphatic carbocycles. The molecule has 2 saturated heterocycles. The van der Waals surface area contributed by atoms with Crippen LogP contribution in [0.4, 0.5) is 17.5 Å². The van der Waals surface area contributed by atoms with Crippen molar-refractivity contribution in [1.29, 1.82) is 0 Å². The van der Waals surface area contributed by atoms with Gasteiger partial charge in [-0.15, -0.1) is 0 Å². The van der Waals surface area contributed by atoms with Crippen molar-refractivity contribution in [1.82, 2.24) is 19.9 Å². The van der Waals surface area contributed by atoms with Crippen LogP contribution in [0.5, 0.6) is 5.75 Å². The molecule has 3 aliphatic rings. The lowest BCUT2D eigenvalue weighted by Gasteiger charge is -2.54. The number of nitrogens with zero attached hydrogens (tertiary/aromatic N) is 4. The zero-order valence-corrected chi connectivity index (χ0v) is 24.4. The number of hydrogen-bond acceptors (Lipinski definition) is 9. The Morgan fingerprint density at radius 1 is 1.17 bits per heavy atom. The summed E-state index contributed by atoms with van der Waals surface area (Å²) in [5, 5.41) is 7.92. The molecule has 3 aromatic rings. The van der Waals surface area contributed by atoms with Crippen molar-refractivity contribution in [2.24, 2.45) is 5.41 Å². The average Bonchev–Trinajstić information content (AvgIpc) is 2.94. The van der Waals surface area contributed by atoms with Crippen molar-refractivity contribution in [2.45, 2.75) is 64.7 Å². The van der Waals surface area contributed by atoms with Gasteiger partial charge in [0.2, 0.25) is 5.95 Å². The van der Waals surface area contributed by atoms with E-state index in [2.05, 4.69) is 20.5 Å². The highest BCUT2D eigenvalue weighted by molar-refractivity contribution is 6.32. The van der Waals surface area contributed by atoms with Crippen molar-refractivity contribution in [3.8, 4) is 5.75 Å². The van der Waals surface area contributed by atoms with Gasteiger partial charge in [-0.25, -0.2) is 4.98 Å². The molecule has 0 bridgehead atoms. The molecule has 0 unspecified atom stereocenters. The number of hydrogen-bond donors (Lipinski definition) is 2. The van der Waals surface area contributed by atoms with Crippen LogP contribution in [-0.2, 0) is 16.1 Å². The van der Waals surface area contributed by atoms with E-state index in [1.807, 2.05) is 25.1 Å². The second-order valence-corrected chi connectivity index (χ2v) is 11.9. The van der Waals surface area contributed by atoms with E-state index in [0.29, 0.717) is 47.4 Å². The van der Waals surface area contributed by atoms with E-state index in [4.69, 9.17) is 26.1 Å². The first-order chi connectivity index (χ1) is 19.9. The first-order valence-corrected chi connectivity index (χ1v) is 15.0. The quantitative estimate of drug-likeness (QED) is 0.362. The largest absolute Gasteiger partial charge is 0.480 e. The van der Waals surface area contributed by atoms with Gasteiger partial charge in [0.1, 0.15) is 11.6 Å². The molecule has 2 aliphatic heterocycles. The molecule has 0 amide bonds. The van der Waals surface area contributed by atoms with E-state index in [0.717, 1.165) is 55.6 Å². The molecule has 0 radical (unpaired) electrons. The van der Waals surface area contributed by atoms with Gasteiger partial charge in [-0.2, -0.15) is 4.98 Å². The van der Waals surface area contributed by atoms with Crippen LogP contribution >= 0.6 is 11.6 Å². The standard InChI is InChI=1S/C30H37ClN6O4/c1-3-21(38)16-40-26-12-19-11-20(5-6-25(19)37(4-2)28(26)39)34-27-24(31)15-33-29(35-27)36-9-7-22(8-10-36)41-23-13-30(14-23)17-32-18-30/h5-6,11-12,15,22-23,32H,3-4,7-10,13-14,16-18H2,1-2H3,(H,33,34,35). The molecule has 10 nitrogen and oxygen atoms in total. The Hall–Kier alpha value is -3.21. The van der Waals surface area contributed by atoms with Gasteiger partial charge >= 0.3 is 0 Å². The van der Waals surface area contributed by atoms with Crippen LogP contribution in [-0.4, -0.2) is 65.3 Å². The molecule has 218 valence electrons. The fourth-order valence-electron chi connectivity index (χ4n) is 6.08. The summed E-state index contributed by atoms with van der Waals surface area (Å²) in [5.41, 5.74) is 1.80. The highest BCUT2D eigenvalue weighted by Crippen LogP contribution is 2.46. The number of rotatable bonds is 10. The van der Waals surface area contributed by atoms with Gasteiger partial charge < -0.3 is 29.6 Å². The number of fused-ring (bicyclic) bond motifs is 1. The summed E-state index contributed by atoms with van der Waals surface area (Å²) in [7, 11) is 0. The van der Waals surface area contributed by atoms with E-state index < -0.39 is 0 Å². The van der Waals surface area contributed by atoms with Crippen LogP contribution in [0.15, 0.2) is 35.3 Å². The van der Waals surface area contributed by atoms with Gasteiger partial charge in [0, 0.05) is 55.6 Å². The summed E-state index contributed by atoms with van der Waals surface area (Å²) in [6.45, 7) is 7.98. The van der Waals surface area contributed by atoms with Gasteiger partial charge in [-0.3, -0.25) is 9.59 Å². The van der Waals surface area contributed by atoms with E-state index in [9.17, 15) is 9.59 Å². The molecule has 1 saturated carbocycles. The number of carbonyl (C=O) groups excluding carboxylic acids is 1. The number of anilines is 3. The zero-order chi connectivity index (χ0) is 28.6. The monoisotopic (exact) mass is 580 g/mol. The normalized spacial score (nSPS) is 18.8. The van der Waals surface area contributed by atoms with E-state index in [1.165, 1.54) is 12.8 Å². The predicted octanol–water partition coefficient (Wildman–Crippen LogP) is 4.30. The molecule has 3 fully saturated rings. The van der Waals surface area contributed by atoms with Gasteiger partial charge in [0.05, 0.1) is 23.9 Å². The third kappa shape index (κ3) is 5.78. The predicted molar refractivity (Wildman–Crippen MR) is 160 cm³/mol. The second kappa shape index (κ2) is 11.6. The van der Waals surface area contributed by atoms with Crippen molar-refractivity contribution in [3.63, 3.8) is 0 Å². The molecule has 41 heavy (non-hydrogen) atoms. The Morgan fingerprint density at radius 2 is 1.95 bits per heavy atom. The lowest BCUT2D eigenvalue weighted by atomic mass is 9.63. The number of piperidine rings is 1. The molecule has 2 aromatic heterocycles. The Labute approximate surface area is 244 Å². The van der Waals surface area contributed by atoms with Crippen LogP contribution in [0.25, 0.3) is 10.9 Å². The molecule has 1 spiro atoms. The number of aryl methyl sites for hydroxylation is 1. The number of benzene rings is 1. The molecule has 2 N–H and O–H groups in total. The van der Waals surface area contributed by atoms with E-state index in [1.54, 1.807) is 23.8 Å². The maximum atomic E-state index is 12.9. The third-order valence-corrected chi connectivity index (χ3v) is 8.86. The Bertz CT molecular complexity index is 1490. The summed E-state index contributed by atoms with van der Waals surface area (Å²) in [4.78, 5) is 36.1. The Morgan fingerprint density at radius 3 is 2.63 bits per heavy atom. The second-order valence-electron chi connectivity index (χ2n) is 11.5. The van der Waals surface area contributed by atoms with Crippen LogP contribution in [0.3, 0.4) is 0 Å². The summed E-state index contributed by atoms with van der Waals surface area (Å²) in [6, 6.07) is 7.38. The Kier molecular flexibility index (Phi) is 7.89. The minimum Gasteiger partial charge on any atom is -0.480 e. The van der Waals surface area contributed by atoms with Crippen molar-refractivity contribution in [2.75, 3.05) is 43.0 Å². The topological polar surface area (TPSA) is 111 Å². The molecule has 6 rings (SSSR count). The minimum atomic E-state index is -0.255. The number of aromatic nitrogens is 3. The first-order valence-electron chi connectivity index (χ1n) is 14.6. The van der Waals surface area contributed by atoms with Gasteiger partial charge in [0.25, 0.3) is 5.56 Å². The highest BCUT2D eigenvalue weighted by atomic mass is 35.5. The summed E-state index contributed by atoms with van der Waals surface area (Å²) in [6.07, 6.45) is 6.97. The fourth-order valence-corrected chi connectivity index (χ4v) is 6.22. The summed E-state index contributed by atoms with van der Waals surface area (Å²) >= 11 is 6.50. The van der Waals surface area contributed by atoms with Gasteiger partial charge in [-0.05, 0) is 56.9 Å². The zero-order valence-electron chi connectivity index (χ0n) is 23.6. The lowest BCUT2D eigenvalue weighted by molar-refractivity contribution is -0.135. The number of Topliss-reactive ketones (excluding diaryl/α,β-unsaturated/α-hetero) is 1. The third-order valence-electron chi connectivity index (χ3n) is 8.59. The number of halogens is 1. The summed E-state index contributed by atoms with van der Waals surface area (Å²) in [5.74, 6) is 1.24.